The smallest absolute Gasteiger partial charge is 0.337 e. The topological polar surface area (TPSA) is 38.7 Å². The number of aliphatic hydroxyl groups excluding tert-OH is 1. The predicted octanol–water partition coefficient (Wildman–Crippen LogP) is 0.642. The Kier molecular flexibility index (Phi) is 5.37. The maximum Gasteiger partial charge on any atom is 0.337 e. The molecule has 11 heavy (non-hydrogen) atoms. The van der Waals surface area contributed by atoms with Gasteiger partial charge in [-0.25, -0.2) is 0 Å². The van der Waals surface area contributed by atoms with Crippen molar-refractivity contribution in [3.63, 3.8) is 0 Å². The largest absolute Gasteiger partial charge is 0.398 e. The third-order valence-electron chi connectivity index (χ3n) is 1.68. The van der Waals surface area contributed by atoms with E-state index in [2.05, 4.69) is 12.6 Å². The first-order valence-corrected chi connectivity index (χ1v) is 6.63. The van der Waals surface area contributed by atoms with Gasteiger partial charge in [0.15, 0.2) is 0 Å². The second-order valence-electron chi connectivity index (χ2n) is 2.58. The average molecular weight is 196 g/mol. The fraction of sp³-hybridized carbons (Fsp3) is 1.00. The van der Waals surface area contributed by atoms with Crippen LogP contribution in [0.15, 0.2) is 0 Å². The lowest BCUT2D eigenvalue weighted by Crippen LogP contribution is -2.40. The summed E-state index contributed by atoms with van der Waals surface area (Å²) in [7, 11) is 1.14. The van der Waals surface area contributed by atoms with Gasteiger partial charge in [0, 0.05) is 26.0 Å². The fourth-order valence-electron chi connectivity index (χ4n) is 0.743. The molecule has 0 aliphatic carbocycles. The van der Waals surface area contributed by atoms with E-state index in [1.807, 2.05) is 6.55 Å². The van der Waals surface area contributed by atoms with Crippen LogP contribution in [0.3, 0.4) is 0 Å². The lowest BCUT2D eigenvalue weighted by molar-refractivity contribution is 0.184. The van der Waals surface area contributed by atoms with Gasteiger partial charge in [-0.3, -0.25) is 0 Å². The van der Waals surface area contributed by atoms with Crippen LogP contribution in [0, 0.1) is 0 Å². The zero-order chi connectivity index (χ0) is 8.91. The Labute approximate surface area is 74.4 Å². The first kappa shape index (κ1) is 11.4. The second kappa shape index (κ2) is 5.16. The van der Waals surface area contributed by atoms with Crippen LogP contribution in [0.4, 0.5) is 0 Å². The number of thiol groups is 1. The molecule has 1 N–H and O–H groups in total. The van der Waals surface area contributed by atoms with Crippen molar-refractivity contribution in [1.82, 2.24) is 0 Å². The molecule has 0 amide bonds. The van der Waals surface area contributed by atoms with E-state index in [4.69, 9.17) is 8.85 Å². The summed E-state index contributed by atoms with van der Waals surface area (Å²) in [4.78, 5) is 0. The van der Waals surface area contributed by atoms with E-state index < -0.39 is 14.7 Å². The van der Waals surface area contributed by atoms with Crippen molar-refractivity contribution in [3.05, 3.63) is 0 Å². The van der Waals surface area contributed by atoms with Crippen molar-refractivity contribution in [1.29, 1.82) is 0 Å². The van der Waals surface area contributed by atoms with E-state index >= 15 is 0 Å². The highest BCUT2D eigenvalue weighted by Crippen LogP contribution is 2.14. The molecular weight excluding hydrogens is 180 g/mol. The van der Waals surface area contributed by atoms with Crippen LogP contribution in [0.1, 0.15) is 0 Å². The van der Waals surface area contributed by atoms with E-state index in [-0.39, 0.29) is 0 Å². The molecule has 1 unspecified atom stereocenters. The summed E-state index contributed by atoms with van der Waals surface area (Å²) in [5, 5.41) is 9.25. The van der Waals surface area contributed by atoms with Crippen molar-refractivity contribution >= 4 is 21.2 Å². The molecule has 0 heterocycles. The second-order valence-corrected chi connectivity index (χ2v) is 6.44. The lowest BCUT2D eigenvalue weighted by atomic mass is 10.5. The van der Waals surface area contributed by atoms with Gasteiger partial charge in [-0.15, -0.1) is 0 Å². The van der Waals surface area contributed by atoms with Crippen LogP contribution in [0.2, 0.25) is 12.6 Å². The summed E-state index contributed by atoms with van der Waals surface area (Å²) < 4.78 is 10.4. The Morgan fingerprint density at radius 3 is 2.18 bits per heavy atom. The quantitative estimate of drug-likeness (QED) is 0.501. The van der Waals surface area contributed by atoms with Gasteiger partial charge in [-0.1, -0.05) is 0 Å². The summed E-state index contributed by atoms with van der Waals surface area (Å²) in [5.41, 5.74) is 0. The van der Waals surface area contributed by atoms with E-state index in [9.17, 15) is 5.11 Å². The molecule has 3 nitrogen and oxygen atoms in total. The van der Waals surface area contributed by atoms with Gasteiger partial charge >= 0.3 is 8.56 Å². The van der Waals surface area contributed by atoms with E-state index in [1.165, 1.54) is 0 Å². The molecule has 0 saturated carbocycles. The van der Waals surface area contributed by atoms with Gasteiger partial charge in [-0.05, 0) is 6.55 Å². The standard InChI is InChI=1S/C6H16O3SSi/c1-8-11(3,9-2)5-6(7)4-10/h6-7,10H,4-5H2,1-3H3. The minimum Gasteiger partial charge on any atom is -0.398 e. The van der Waals surface area contributed by atoms with Crippen molar-refractivity contribution in [2.75, 3.05) is 20.0 Å². The number of rotatable bonds is 5. The third-order valence-corrected chi connectivity index (χ3v) is 5.04. The van der Waals surface area contributed by atoms with Crippen LogP contribution in [0.5, 0.6) is 0 Å². The molecule has 0 fully saturated rings. The molecule has 0 aromatic heterocycles. The molecule has 0 aliphatic heterocycles. The molecule has 68 valence electrons. The van der Waals surface area contributed by atoms with Crippen LogP contribution in [0.25, 0.3) is 0 Å². The number of hydrogen-bond acceptors (Lipinski definition) is 4. The zero-order valence-electron chi connectivity index (χ0n) is 7.20. The predicted molar refractivity (Wildman–Crippen MR) is 50.3 cm³/mol. The first-order chi connectivity index (χ1) is 5.08. The Morgan fingerprint density at radius 1 is 1.45 bits per heavy atom. The molecule has 5 heteroatoms. The zero-order valence-corrected chi connectivity index (χ0v) is 9.10. The van der Waals surface area contributed by atoms with Gasteiger partial charge in [0.25, 0.3) is 0 Å². The molecule has 0 rings (SSSR count). The summed E-state index contributed by atoms with van der Waals surface area (Å²) in [5.74, 6) is 0.454. The number of aliphatic hydroxyl groups is 1. The molecule has 0 radical (unpaired) electrons. The van der Waals surface area contributed by atoms with Crippen LogP contribution in [-0.4, -0.2) is 39.7 Å². The Hall–Kier alpha value is 0.447. The molecule has 0 saturated heterocycles. The average Bonchev–Trinajstić information content (AvgIpc) is 2.04. The minimum atomic E-state index is -2.08. The Balaban J connectivity index is 3.86. The maximum atomic E-state index is 9.25. The monoisotopic (exact) mass is 196 g/mol. The highest BCUT2D eigenvalue weighted by molar-refractivity contribution is 7.80. The molecule has 0 aliphatic rings. The highest BCUT2D eigenvalue weighted by Gasteiger charge is 2.31. The van der Waals surface area contributed by atoms with Crippen molar-refractivity contribution in [2.45, 2.75) is 18.7 Å². The highest BCUT2D eigenvalue weighted by atomic mass is 32.1. The van der Waals surface area contributed by atoms with Gasteiger partial charge in [0.1, 0.15) is 0 Å². The SMILES string of the molecule is CO[Si](C)(CC(O)CS)OC. The first-order valence-electron chi connectivity index (χ1n) is 3.47. The molecule has 1 atom stereocenters. The molecule has 0 spiro atoms. The summed E-state index contributed by atoms with van der Waals surface area (Å²) in [6, 6.07) is 0.573. The van der Waals surface area contributed by atoms with Gasteiger partial charge in [0.05, 0.1) is 6.10 Å². The molecular formula is C6H16O3SSi. The van der Waals surface area contributed by atoms with E-state index in [0.717, 1.165) is 0 Å². The number of hydrogen-bond donors (Lipinski definition) is 2. The van der Waals surface area contributed by atoms with Crippen LogP contribution < -0.4 is 0 Å². The van der Waals surface area contributed by atoms with Crippen molar-refractivity contribution in [3.8, 4) is 0 Å². The third kappa shape index (κ3) is 4.12. The van der Waals surface area contributed by atoms with Gasteiger partial charge < -0.3 is 14.0 Å². The molecule has 0 aromatic carbocycles. The van der Waals surface area contributed by atoms with Crippen molar-refractivity contribution in [2.24, 2.45) is 0 Å². The Morgan fingerprint density at radius 2 is 1.91 bits per heavy atom. The Bertz CT molecular complexity index is 108. The summed E-state index contributed by atoms with van der Waals surface area (Å²) in [6.45, 7) is 1.92. The van der Waals surface area contributed by atoms with E-state index in [0.29, 0.717) is 11.8 Å². The minimum absolute atomic E-state index is 0.421. The molecule has 0 aromatic rings. The van der Waals surface area contributed by atoms with E-state index in [1.54, 1.807) is 14.2 Å². The maximum absolute atomic E-state index is 9.25. The van der Waals surface area contributed by atoms with Gasteiger partial charge in [0.2, 0.25) is 0 Å². The normalized spacial score (nSPS) is 15.0. The molecule has 0 bridgehead atoms. The van der Waals surface area contributed by atoms with Gasteiger partial charge in [-0.2, -0.15) is 12.6 Å². The summed E-state index contributed by atoms with van der Waals surface area (Å²) in [6.07, 6.45) is -0.421. The summed E-state index contributed by atoms with van der Waals surface area (Å²) >= 11 is 3.97. The fourth-order valence-corrected chi connectivity index (χ4v) is 2.61. The van der Waals surface area contributed by atoms with Crippen LogP contribution >= 0.6 is 12.6 Å². The van der Waals surface area contributed by atoms with Crippen LogP contribution in [-0.2, 0) is 8.85 Å². The lowest BCUT2D eigenvalue weighted by Gasteiger charge is -2.24. The van der Waals surface area contributed by atoms with Crippen molar-refractivity contribution < 1.29 is 14.0 Å².